The maximum absolute atomic E-state index is 15.7. The molecule has 9 aromatic rings. The van der Waals surface area contributed by atoms with Gasteiger partial charge in [-0.1, -0.05) is 168 Å². The standard InChI is InChI=1S/C93H115Cl2N13O10/c1-4-6-10-24-86(109)103-82-22-18-20-79(101-82)65-105(67-84-96-46-47-97-84)61-71-58-72(62-106(68-85-98-48-49-99-85)66-80-21-19-23-83(102-80)104-87(110)25-11-7-5-2)60-81(59-71)118-53-17-16-51-107(90(113)92(42-12-8-13-43-92)75-34-38-77(94)39-35-75)63-69-26-30-73(31-27-69)88(111)100-50-54-116-56-57-117-55-52-108(64-70-28-32-74(33-29-70)89(112)115-3)91(114)93(44-14-9-15-45-93)76-36-40-78(95)41-37-76/h18-23,26-41,46-49,58-60H,4-17,24-25,42-45,50-57,61-68H2,1-3H3,(H,96,97)(H,98,99)(H,100,111)(H,101,103,109)(H,102,104,110). The van der Waals surface area contributed by atoms with E-state index in [0.29, 0.717) is 149 Å². The number of unbranched alkanes of at least 4 members (excludes halogenated alkanes) is 5. The molecule has 23 nitrogen and oxygen atoms in total. The number of hydrogen-bond acceptors (Lipinski definition) is 16. The van der Waals surface area contributed by atoms with Gasteiger partial charge in [-0.2, -0.15) is 0 Å². The van der Waals surface area contributed by atoms with Crippen molar-refractivity contribution in [3.63, 3.8) is 0 Å². The van der Waals surface area contributed by atoms with Gasteiger partial charge >= 0.3 is 5.97 Å². The number of esters is 1. The number of aromatic amines is 2. The van der Waals surface area contributed by atoms with E-state index in [4.69, 9.17) is 52.1 Å². The number of nitrogens with one attached hydrogen (secondary N) is 5. The summed E-state index contributed by atoms with van der Waals surface area (Å²) in [7, 11) is 1.35. The summed E-state index contributed by atoms with van der Waals surface area (Å²) < 4.78 is 23.8. The van der Waals surface area contributed by atoms with Crippen LogP contribution in [0.15, 0.2) is 176 Å². The third-order valence-corrected chi connectivity index (χ3v) is 22.6. The minimum Gasteiger partial charge on any atom is -0.494 e. The smallest absolute Gasteiger partial charge is 0.337 e. The van der Waals surface area contributed by atoms with Gasteiger partial charge in [0, 0.05) is 112 Å². The Kier molecular flexibility index (Phi) is 34.8. The number of carbonyl (C=O) groups is 6. The van der Waals surface area contributed by atoms with Crippen LogP contribution in [0.2, 0.25) is 10.0 Å². The number of carbonyl (C=O) groups excluding carboxylic acids is 6. The molecule has 0 saturated heterocycles. The van der Waals surface area contributed by atoms with Crippen LogP contribution >= 0.6 is 23.2 Å². The topological polar surface area (TPSA) is 272 Å². The van der Waals surface area contributed by atoms with Crippen LogP contribution in [0.5, 0.6) is 5.75 Å². The fourth-order valence-electron chi connectivity index (χ4n) is 16.0. The van der Waals surface area contributed by atoms with Gasteiger partial charge in [0.1, 0.15) is 29.0 Å². The number of ether oxygens (including phenoxy) is 4. The Hall–Kier alpha value is -10.1. The molecule has 5 aromatic carbocycles. The number of imidazole rings is 2. The van der Waals surface area contributed by atoms with Gasteiger partial charge in [-0.15, -0.1) is 0 Å². The predicted molar refractivity (Wildman–Crippen MR) is 460 cm³/mol. The summed E-state index contributed by atoms with van der Waals surface area (Å²) in [6.07, 6.45) is 23.6. The highest BCUT2D eigenvalue weighted by atomic mass is 35.5. The second-order valence-corrected chi connectivity index (χ2v) is 31.9. The summed E-state index contributed by atoms with van der Waals surface area (Å²) in [6, 6.07) is 47.8. The Morgan fingerprint density at radius 1 is 0.466 bits per heavy atom. The fraction of sp³-hybridized carbons (Fsp3) is 0.441. The van der Waals surface area contributed by atoms with Crippen molar-refractivity contribution in [2.45, 2.75) is 205 Å². The number of rotatable bonds is 47. The zero-order valence-corrected chi connectivity index (χ0v) is 70.1. The number of aromatic nitrogens is 6. The molecule has 4 aromatic heterocycles. The van der Waals surface area contributed by atoms with Crippen molar-refractivity contribution in [3.05, 3.63) is 254 Å². The first-order valence-corrected chi connectivity index (χ1v) is 42.8. The average molecular weight is 1650 g/mol. The highest BCUT2D eigenvalue weighted by Gasteiger charge is 2.45. The molecule has 2 aliphatic carbocycles. The maximum Gasteiger partial charge on any atom is 0.337 e. The van der Waals surface area contributed by atoms with E-state index < -0.39 is 16.8 Å². The number of pyridine rings is 2. The van der Waals surface area contributed by atoms with Gasteiger partial charge in [0.15, 0.2) is 0 Å². The Balaban J connectivity index is 0.744. The summed E-state index contributed by atoms with van der Waals surface area (Å²) in [4.78, 5) is 117. The summed E-state index contributed by atoms with van der Waals surface area (Å²) in [5.41, 5.74) is 6.68. The molecule has 4 heterocycles. The van der Waals surface area contributed by atoms with Crippen LogP contribution < -0.4 is 20.7 Å². The molecule has 626 valence electrons. The number of amides is 5. The first kappa shape index (κ1) is 88.7. The maximum atomic E-state index is 15.7. The summed E-state index contributed by atoms with van der Waals surface area (Å²) >= 11 is 12.8. The first-order valence-electron chi connectivity index (χ1n) is 42.0. The first-order chi connectivity index (χ1) is 57.5. The van der Waals surface area contributed by atoms with E-state index in [1.165, 1.54) is 7.11 Å². The molecular weight excluding hydrogens is 1530 g/mol. The average Bonchev–Trinajstić information content (AvgIpc) is 0.830. The third kappa shape index (κ3) is 26.9. The third-order valence-electron chi connectivity index (χ3n) is 22.1. The number of halogens is 2. The quantitative estimate of drug-likeness (QED) is 0.0175. The lowest BCUT2D eigenvalue weighted by atomic mass is 9.68. The van der Waals surface area contributed by atoms with Crippen LogP contribution in [0, 0.1) is 0 Å². The molecule has 2 fully saturated rings. The van der Waals surface area contributed by atoms with Crippen molar-refractivity contribution in [1.82, 2.24) is 54.8 Å². The molecule has 25 heteroatoms. The lowest BCUT2D eigenvalue weighted by Gasteiger charge is -2.40. The molecule has 5 N–H and O–H groups in total. The molecular formula is C93H115Cl2N13O10. The van der Waals surface area contributed by atoms with Crippen molar-refractivity contribution < 1.29 is 47.7 Å². The number of benzene rings is 5. The zero-order chi connectivity index (χ0) is 82.7. The van der Waals surface area contributed by atoms with Gasteiger partial charge in [-0.3, -0.25) is 33.8 Å². The van der Waals surface area contributed by atoms with Crippen molar-refractivity contribution in [2.75, 3.05) is 70.4 Å². The summed E-state index contributed by atoms with van der Waals surface area (Å²) in [6.45, 7) is 10.2. The summed E-state index contributed by atoms with van der Waals surface area (Å²) in [5.74, 6) is 2.57. The lowest BCUT2D eigenvalue weighted by molar-refractivity contribution is -0.141. The van der Waals surface area contributed by atoms with Crippen LogP contribution in [0.25, 0.3) is 0 Å². The molecule has 11 rings (SSSR count). The van der Waals surface area contributed by atoms with Gasteiger partial charge in [0.2, 0.25) is 23.6 Å². The van der Waals surface area contributed by atoms with Gasteiger partial charge in [-0.05, 0) is 170 Å². The van der Waals surface area contributed by atoms with Gasteiger partial charge in [0.05, 0.1) is 81.0 Å². The molecule has 0 atom stereocenters. The molecule has 0 aliphatic heterocycles. The van der Waals surface area contributed by atoms with Crippen LogP contribution in [0.4, 0.5) is 11.6 Å². The number of hydrogen-bond donors (Lipinski definition) is 5. The molecule has 0 bridgehead atoms. The van der Waals surface area contributed by atoms with Gasteiger partial charge in [0.25, 0.3) is 5.91 Å². The normalized spacial score (nSPS) is 13.7. The van der Waals surface area contributed by atoms with Crippen molar-refractivity contribution in [2.24, 2.45) is 0 Å². The molecule has 5 amide bonds. The highest BCUT2D eigenvalue weighted by Crippen LogP contribution is 2.44. The van der Waals surface area contributed by atoms with E-state index in [1.807, 2.05) is 131 Å². The zero-order valence-electron chi connectivity index (χ0n) is 68.6. The Labute approximate surface area is 704 Å². The molecule has 118 heavy (non-hydrogen) atoms. The molecule has 2 saturated carbocycles. The van der Waals surface area contributed by atoms with Gasteiger partial charge < -0.3 is 54.7 Å². The Morgan fingerprint density at radius 3 is 1.41 bits per heavy atom. The Morgan fingerprint density at radius 2 is 0.941 bits per heavy atom. The SMILES string of the molecule is CCCCCC(=O)Nc1cccc(CN(Cc2cc(CN(Cc3cccc(NC(=O)CCCCC)n3)Cc3ncc[nH]3)cc(OCCCCN(Cc3ccc(C(=O)NCCOCCOCCN(Cc4ccc(C(=O)OC)cc4)C(=O)C4(c5ccc(Cl)cc5)CCCCC4)cc3)C(=O)C3(c4ccc(Cl)cc4)CCCCC3)c2)Cc2ncc[nH]2)n1. The predicted octanol–water partition coefficient (Wildman–Crippen LogP) is 17.2. The highest BCUT2D eigenvalue weighted by molar-refractivity contribution is 6.30. The van der Waals surface area contributed by atoms with Crippen molar-refractivity contribution in [3.8, 4) is 5.75 Å². The molecule has 2 aliphatic rings. The molecule has 0 radical (unpaired) electrons. The van der Waals surface area contributed by atoms with Crippen molar-refractivity contribution >= 4 is 70.3 Å². The minimum atomic E-state index is -0.743. The van der Waals surface area contributed by atoms with Crippen molar-refractivity contribution in [1.29, 1.82) is 0 Å². The second kappa shape index (κ2) is 46.3. The van der Waals surface area contributed by atoms with E-state index in [2.05, 4.69) is 77.7 Å². The van der Waals surface area contributed by atoms with Gasteiger partial charge in [-0.25, -0.2) is 24.7 Å². The van der Waals surface area contributed by atoms with Crippen LogP contribution in [0.3, 0.4) is 0 Å². The summed E-state index contributed by atoms with van der Waals surface area (Å²) in [5, 5.41) is 10.2. The fourth-order valence-corrected chi connectivity index (χ4v) is 16.2. The van der Waals surface area contributed by atoms with Crippen LogP contribution in [-0.2, 0) is 96.6 Å². The van der Waals surface area contributed by atoms with E-state index in [1.54, 1.807) is 36.7 Å². The minimum absolute atomic E-state index is 0.0352. The number of H-pyrrole nitrogens is 2. The molecule has 0 spiro atoms. The number of anilines is 2. The number of nitrogens with zero attached hydrogens (tertiary/aromatic N) is 8. The van der Waals surface area contributed by atoms with E-state index in [0.717, 1.165) is 146 Å². The largest absolute Gasteiger partial charge is 0.494 e. The monoisotopic (exact) mass is 1640 g/mol. The number of methoxy groups -OCH3 is 1. The molecule has 0 unspecified atom stereocenters. The van der Waals surface area contributed by atoms with Crippen LogP contribution in [-0.4, -0.2) is 145 Å². The Bertz CT molecular complexity index is 4470. The second-order valence-electron chi connectivity index (χ2n) is 31.1. The van der Waals surface area contributed by atoms with E-state index in [-0.39, 0.29) is 62.5 Å². The lowest BCUT2D eigenvalue weighted by Crippen LogP contribution is -2.48. The van der Waals surface area contributed by atoms with E-state index >= 15 is 4.79 Å². The van der Waals surface area contributed by atoms with E-state index in [9.17, 15) is 24.0 Å². The van der Waals surface area contributed by atoms with Crippen LogP contribution in [0.1, 0.15) is 219 Å².